The van der Waals surface area contributed by atoms with Gasteiger partial charge in [-0.05, 0) is 0 Å². The molecule has 22 heavy (non-hydrogen) atoms. The van der Waals surface area contributed by atoms with Crippen molar-refractivity contribution in [3.05, 3.63) is 66.2 Å². The van der Waals surface area contributed by atoms with E-state index in [1.807, 2.05) is 0 Å². The van der Waals surface area contributed by atoms with Crippen molar-refractivity contribution in [3.8, 4) is 10.0 Å². The van der Waals surface area contributed by atoms with E-state index in [0.29, 0.717) is 14.5 Å². The van der Waals surface area contributed by atoms with Crippen LogP contribution in [0.2, 0.25) is 0 Å². The van der Waals surface area contributed by atoms with Crippen molar-refractivity contribution in [1.82, 2.24) is 0 Å². The van der Waals surface area contributed by atoms with Crippen molar-refractivity contribution in [3.63, 3.8) is 0 Å². The molecule has 0 fully saturated rings. The molecule has 0 N–H and O–H groups in total. The van der Waals surface area contributed by atoms with Crippen molar-refractivity contribution in [2.24, 2.45) is 0 Å². The summed E-state index contributed by atoms with van der Waals surface area (Å²) >= 11 is 0.428. The average Bonchev–Trinajstić information content (AvgIpc) is 2.46. The third-order valence-corrected chi connectivity index (χ3v) is 5.35. The van der Waals surface area contributed by atoms with E-state index in [-0.39, 0.29) is 0 Å². The average molecular weight is 384 g/mol. The summed E-state index contributed by atoms with van der Waals surface area (Å²) in [5.74, 6) is 0. The Kier molecular flexibility index (Phi) is 5.67. The van der Waals surface area contributed by atoms with Gasteiger partial charge in [0.15, 0.2) is 0 Å². The van der Waals surface area contributed by atoms with Gasteiger partial charge in [0.2, 0.25) is 0 Å². The normalized spacial score (nSPS) is 11.0. The molecule has 1 aromatic heterocycles. The van der Waals surface area contributed by atoms with Crippen LogP contribution in [0.3, 0.4) is 0 Å². The summed E-state index contributed by atoms with van der Waals surface area (Å²) in [6.07, 6.45) is 0. The van der Waals surface area contributed by atoms with Crippen LogP contribution in [0.4, 0.5) is 0 Å². The van der Waals surface area contributed by atoms with Gasteiger partial charge in [-0.1, -0.05) is 0 Å². The van der Waals surface area contributed by atoms with Gasteiger partial charge in [0.1, 0.15) is 0 Å². The fraction of sp³-hybridized carbons (Fsp3) is 0.0625. The van der Waals surface area contributed by atoms with Gasteiger partial charge in [-0.25, -0.2) is 18.6 Å². The maximum absolute atomic E-state index is 8.49. The molecule has 6 heteroatoms. The SMILES string of the molecule is Cc1cc(-c2ccccc2)[se+]c2ccccc12.[O-][Cl+3]([O-])([O-])[O-]. The Hall–Kier alpha value is -1.30. The summed E-state index contributed by atoms with van der Waals surface area (Å²) in [4.78, 5) is 0. The van der Waals surface area contributed by atoms with E-state index >= 15 is 0 Å². The molecule has 0 aliphatic heterocycles. The third kappa shape index (κ3) is 5.16. The second-order valence-electron chi connectivity index (χ2n) is 4.53. The summed E-state index contributed by atoms with van der Waals surface area (Å²) in [5, 5.41) is 1.42. The van der Waals surface area contributed by atoms with Crippen LogP contribution in [-0.2, 0) is 0 Å². The van der Waals surface area contributed by atoms with Crippen molar-refractivity contribution in [2.75, 3.05) is 0 Å². The van der Waals surface area contributed by atoms with Gasteiger partial charge in [0.25, 0.3) is 0 Å². The molecule has 114 valence electrons. The number of hydrogen-bond donors (Lipinski definition) is 0. The van der Waals surface area contributed by atoms with E-state index in [4.69, 9.17) is 18.6 Å². The zero-order valence-corrected chi connectivity index (χ0v) is 14.2. The van der Waals surface area contributed by atoms with Crippen LogP contribution < -0.4 is 18.6 Å². The predicted octanol–water partition coefficient (Wildman–Crippen LogP) is -0.603. The number of fused-ring (bicyclic) bond motifs is 1. The van der Waals surface area contributed by atoms with E-state index in [2.05, 4.69) is 67.6 Å². The van der Waals surface area contributed by atoms with Crippen LogP contribution in [0.5, 0.6) is 0 Å². The fourth-order valence-electron chi connectivity index (χ4n) is 2.05. The first-order chi connectivity index (χ1) is 10.3. The largest absolute Gasteiger partial charge is 0.222 e. The van der Waals surface area contributed by atoms with Crippen LogP contribution in [0.15, 0.2) is 60.7 Å². The molecule has 0 unspecified atom stereocenters. The number of aryl methyl sites for hydroxylation is 1. The first kappa shape index (κ1) is 17.1. The summed E-state index contributed by atoms with van der Waals surface area (Å²) in [6, 6.07) is 21.8. The maximum atomic E-state index is 8.49. The topological polar surface area (TPSA) is 92.2 Å². The van der Waals surface area contributed by atoms with E-state index in [1.54, 1.807) is 0 Å². The van der Waals surface area contributed by atoms with Crippen molar-refractivity contribution >= 4 is 24.1 Å². The molecule has 0 amide bonds. The van der Waals surface area contributed by atoms with Gasteiger partial charge in [0, 0.05) is 0 Å². The van der Waals surface area contributed by atoms with Crippen LogP contribution in [0, 0.1) is 17.2 Å². The smallest absolute Gasteiger partial charge is 0.112 e. The molecule has 2 aromatic carbocycles. The van der Waals surface area contributed by atoms with Crippen LogP contribution >= 0.6 is 0 Å². The van der Waals surface area contributed by atoms with E-state index < -0.39 is 10.2 Å². The van der Waals surface area contributed by atoms with Gasteiger partial charge < -0.3 is 0 Å². The second-order valence-corrected chi connectivity index (χ2v) is 7.56. The summed E-state index contributed by atoms with van der Waals surface area (Å²) < 4.78 is 37.0. The summed E-state index contributed by atoms with van der Waals surface area (Å²) in [7, 11) is -4.94. The zero-order chi connectivity index (χ0) is 16.2. The molecule has 1 heterocycles. The fourth-order valence-corrected chi connectivity index (χ4v) is 4.59. The van der Waals surface area contributed by atoms with Gasteiger partial charge in [-0.2, -0.15) is 0 Å². The van der Waals surface area contributed by atoms with Gasteiger partial charge in [0.05, 0.1) is 0 Å². The van der Waals surface area contributed by atoms with E-state index in [0.717, 1.165) is 0 Å². The van der Waals surface area contributed by atoms with E-state index in [1.165, 1.54) is 25.2 Å². The Morgan fingerprint density at radius 2 is 1.36 bits per heavy atom. The molecule has 0 radical (unpaired) electrons. The Balaban J connectivity index is 0.000000309. The second kappa shape index (κ2) is 7.31. The molecule has 0 saturated heterocycles. The Bertz CT molecular complexity index is 751. The van der Waals surface area contributed by atoms with Crippen LogP contribution in [-0.4, -0.2) is 14.5 Å². The zero-order valence-electron chi connectivity index (χ0n) is 11.7. The van der Waals surface area contributed by atoms with Crippen LogP contribution in [0.25, 0.3) is 19.6 Å². The Morgan fingerprint density at radius 3 is 2.00 bits per heavy atom. The standard InChI is InChI=1S/C16H13Se.ClHO4/c1-12-11-16(13-7-3-2-4-8-13)17-15-10-6-5-9-14(12)15;2-1(3,4)5/h2-11H,1H3;(H,2,3,4,5)/q+1;/p-1. The Morgan fingerprint density at radius 1 is 0.818 bits per heavy atom. The van der Waals surface area contributed by atoms with Gasteiger partial charge in [-0.3, -0.25) is 0 Å². The number of benzene rings is 2. The van der Waals surface area contributed by atoms with Gasteiger partial charge >= 0.3 is 107 Å². The van der Waals surface area contributed by atoms with Crippen molar-refractivity contribution < 1.29 is 28.9 Å². The molecule has 3 rings (SSSR count). The maximum Gasteiger partial charge on any atom is -0.112 e. The van der Waals surface area contributed by atoms with Crippen molar-refractivity contribution in [1.29, 1.82) is 0 Å². The number of rotatable bonds is 1. The third-order valence-electron chi connectivity index (χ3n) is 2.94. The quantitative estimate of drug-likeness (QED) is 0.524. The molecule has 0 bridgehead atoms. The number of hydrogen-bond acceptors (Lipinski definition) is 4. The monoisotopic (exact) mass is 384 g/mol. The number of halogens is 1. The minimum Gasteiger partial charge on any atom is -0.222 e. The van der Waals surface area contributed by atoms with Crippen LogP contribution in [0.1, 0.15) is 5.56 Å². The molecule has 0 aliphatic rings. The van der Waals surface area contributed by atoms with Crippen molar-refractivity contribution in [2.45, 2.75) is 6.92 Å². The molecular weight excluding hydrogens is 371 g/mol. The Labute approximate surface area is 136 Å². The molecule has 4 nitrogen and oxygen atoms in total. The molecular formula is C16H13ClO4Se. The summed E-state index contributed by atoms with van der Waals surface area (Å²) in [5.41, 5.74) is 2.74. The molecule has 0 spiro atoms. The molecule has 0 aliphatic carbocycles. The first-order valence-corrected chi connectivity index (χ1v) is 9.29. The molecule has 3 aromatic rings. The molecule has 0 saturated carbocycles. The summed E-state index contributed by atoms with van der Waals surface area (Å²) in [6.45, 7) is 2.21. The predicted molar refractivity (Wildman–Crippen MR) is 75.5 cm³/mol. The minimum atomic E-state index is -4.94. The first-order valence-electron chi connectivity index (χ1n) is 6.34. The minimum absolute atomic E-state index is 0.428. The van der Waals surface area contributed by atoms with E-state index in [9.17, 15) is 0 Å². The van der Waals surface area contributed by atoms with Gasteiger partial charge in [-0.15, -0.1) is 10.2 Å². The molecule has 0 atom stereocenters.